The first-order valence-corrected chi connectivity index (χ1v) is 8.84. The molecule has 3 rings (SSSR count). The molecule has 24 heavy (non-hydrogen) atoms. The summed E-state index contributed by atoms with van der Waals surface area (Å²) in [6.45, 7) is 4.83. The fourth-order valence-electron chi connectivity index (χ4n) is 3.80. The quantitative estimate of drug-likeness (QED) is 0.883. The van der Waals surface area contributed by atoms with Gasteiger partial charge in [0.05, 0.1) is 12.1 Å². The standard InChI is InChI=1S/C17H28N4O3/c1-11(2)15-18-16(20-24-15)17(7-5-6-8-17)19-14(22)13-9-12(23-4)10-21(13)3/h11-13H,5-10H2,1-4H3,(H,19,22)/t12-,13-/m0/s1. The molecule has 1 N–H and O–H groups in total. The van der Waals surface area contributed by atoms with Crippen molar-refractivity contribution in [3.05, 3.63) is 11.7 Å². The number of carbonyl (C=O) groups is 1. The highest BCUT2D eigenvalue weighted by atomic mass is 16.5. The maximum atomic E-state index is 12.9. The summed E-state index contributed by atoms with van der Waals surface area (Å²) in [7, 11) is 3.67. The molecule has 1 saturated heterocycles. The summed E-state index contributed by atoms with van der Waals surface area (Å²) in [4.78, 5) is 19.5. The minimum Gasteiger partial charge on any atom is -0.380 e. The zero-order chi connectivity index (χ0) is 17.3. The van der Waals surface area contributed by atoms with Gasteiger partial charge in [-0.2, -0.15) is 4.98 Å². The Bertz CT molecular complexity index is 580. The number of likely N-dealkylation sites (tertiary alicyclic amines) is 1. The van der Waals surface area contributed by atoms with Gasteiger partial charge in [0.1, 0.15) is 5.54 Å². The number of methoxy groups -OCH3 is 1. The lowest BCUT2D eigenvalue weighted by Gasteiger charge is -2.29. The molecule has 1 aliphatic carbocycles. The van der Waals surface area contributed by atoms with Crippen LogP contribution in [0.1, 0.15) is 63.6 Å². The van der Waals surface area contributed by atoms with Crippen molar-refractivity contribution < 1.29 is 14.1 Å². The van der Waals surface area contributed by atoms with Crippen LogP contribution in [0.25, 0.3) is 0 Å². The van der Waals surface area contributed by atoms with Crippen molar-refractivity contribution in [1.29, 1.82) is 0 Å². The summed E-state index contributed by atoms with van der Waals surface area (Å²) in [5.41, 5.74) is -0.486. The topological polar surface area (TPSA) is 80.5 Å². The molecule has 7 nitrogen and oxygen atoms in total. The fraction of sp³-hybridized carbons (Fsp3) is 0.824. The van der Waals surface area contributed by atoms with E-state index < -0.39 is 5.54 Å². The lowest BCUT2D eigenvalue weighted by Crippen LogP contribution is -2.51. The molecule has 1 saturated carbocycles. The van der Waals surface area contributed by atoms with Crippen LogP contribution in [0.15, 0.2) is 4.52 Å². The first kappa shape index (κ1) is 17.4. The predicted octanol–water partition coefficient (Wildman–Crippen LogP) is 1.80. The Morgan fingerprint density at radius 2 is 2.12 bits per heavy atom. The van der Waals surface area contributed by atoms with Crippen LogP contribution in [-0.2, 0) is 15.1 Å². The molecule has 7 heteroatoms. The van der Waals surface area contributed by atoms with Gasteiger partial charge in [0, 0.05) is 19.6 Å². The van der Waals surface area contributed by atoms with Gasteiger partial charge < -0.3 is 14.6 Å². The molecular formula is C17H28N4O3. The number of carbonyl (C=O) groups excluding carboxylic acids is 1. The van der Waals surface area contributed by atoms with E-state index in [0.29, 0.717) is 11.7 Å². The summed E-state index contributed by atoms with van der Waals surface area (Å²) in [5.74, 6) is 1.47. The molecule has 0 bridgehead atoms. The van der Waals surface area contributed by atoms with Crippen molar-refractivity contribution in [1.82, 2.24) is 20.4 Å². The Labute approximate surface area is 143 Å². The Morgan fingerprint density at radius 1 is 1.42 bits per heavy atom. The molecule has 0 unspecified atom stereocenters. The average Bonchev–Trinajstić information content (AvgIpc) is 3.25. The van der Waals surface area contributed by atoms with Crippen molar-refractivity contribution in [2.75, 3.05) is 20.7 Å². The number of rotatable bonds is 5. The maximum absolute atomic E-state index is 12.9. The van der Waals surface area contributed by atoms with Crippen LogP contribution >= 0.6 is 0 Å². The number of hydrogen-bond donors (Lipinski definition) is 1. The number of likely N-dealkylation sites (N-methyl/N-ethyl adjacent to an activating group) is 1. The van der Waals surface area contributed by atoms with Crippen molar-refractivity contribution in [3.63, 3.8) is 0 Å². The molecule has 0 aromatic carbocycles. The normalized spacial score (nSPS) is 27.0. The molecule has 2 atom stereocenters. The molecular weight excluding hydrogens is 308 g/mol. The fourth-order valence-corrected chi connectivity index (χ4v) is 3.80. The van der Waals surface area contributed by atoms with E-state index in [-0.39, 0.29) is 24.0 Å². The largest absolute Gasteiger partial charge is 0.380 e. The molecule has 2 fully saturated rings. The van der Waals surface area contributed by atoms with E-state index in [2.05, 4.69) is 20.4 Å². The smallest absolute Gasteiger partial charge is 0.238 e. The summed E-state index contributed by atoms with van der Waals surface area (Å²) in [6, 6.07) is -0.163. The number of aromatic nitrogens is 2. The van der Waals surface area contributed by atoms with Crippen LogP contribution in [-0.4, -0.2) is 53.8 Å². The van der Waals surface area contributed by atoms with Crippen molar-refractivity contribution >= 4 is 5.91 Å². The number of amides is 1. The first-order chi connectivity index (χ1) is 11.4. The highest BCUT2D eigenvalue weighted by Crippen LogP contribution is 2.38. The second-order valence-electron chi connectivity index (χ2n) is 7.44. The minimum absolute atomic E-state index is 0.0369. The van der Waals surface area contributed by atoms with E-state index in [9.17, 15) is 4.79 Å². The number of nitrogens with one attached hydrogen (secondary N) is 1. The van der Waals surface area contributed by atoms with Crippen molar-refractivity contribution in [3.8, 4) is 0 Å². The van der Waals surface area contributed by atoms with Crippen LogP contribution < -0.4 is 5.32 Å². The van der Waals surface area contributed by atoms with E-state index in [4.69, 9.17) is 9.26 Å². The number of nitrogens with zero attached hydrogens (tertiary/aromatic N) is 3. The third kappa shape index (κ3) is 3.19. The van der Waals surface area contributed by atoms with Crippen molar-refractivity contribution in [2.24, 2.45) is 0 Å². The SMILES string of the molecule is CO[C@H]1C[C@@H](C(=O)NC2(c3noc(C(C)C)n3)CCCC2)N(C)C1. The second-order valence-corrected chi connectivity index (χ2v) is 7.44. The lowest BCUT2D eigenvalue weighted by molar-refractivity contribution is -0.127. The van der Waals surface area contributed by atoms with E-state index in [1.807, 2.05) is 20.9 Å². The zero-order valence-corrected chi connectivity index (χ0v) is 15.0. The van der Waals surface area contributed by atoms with Crippen LogP contribution in [0.5, 0.6) is 0 Å². The Balaban J connectivity index is 1.77. The summed E-state index contributed by atoms with van der Waals surface area (Å²) in [6.07, 6.45) is 4.68. The molecule has 1 aromatic heterocycles. The van der Waals surface area contributed by atoms with Gasteiger partial charge >= 0.3 is 0 Å². The van der Waals surface area contributed by atoms with Gasteiger partial charge in [-0.3, -0.25) is 9.69 Å². The molecule has 134 valence electrons. The molecule has 0 radical (unpaired) electrons. The maximum Gasteiger partial charge on any atom is 0.238 e. The number of hydrogen-bond acceptors (Lipinski definition) is 6. The third-order valence-electron chi connectivity index (χ3n) is 5.33. The highest BCUT2D eigenvalue weighted by Gasteiger charge is 2.44. The van der Waals surface area contributed by atoms with Crippen LogP contribution in [0.3, 0.4) is 0 Å². The number of ether oxygens (including phenoxy) is 1. The molecule has 1 aromatic rings. The van der Waals surface area contributed by atoms with E-state index in [1.54, 1.807) is 7.11 Å². The van der Waals surface area contributed by atoms with E-state index >= 15 is 0 Å². The van der Waals surface area contributed by atoms with Crippen LogP contribution in [0.2, 0.25) is 0 Å². The van der Waals surface area contributed by atoms with Gasteiger partial charge in [-0.15, -0.1) is 0 Å². The molecule has 2 aliphatic rings. The monoisotopic (exact) mass is 336 g/mol. The zero-order valence-electron chi connectivity index (χ0n) is 15.0. The molecule has 2 heterocycles. The molecule has 1 aliphatic heterocycles. The lowest BCUT2D eigenvalue weighted by atomic mass is 9.95. The Morgan fingerprint density at radius 3 is 2.67 bits per heavy atom. The summed E-state index contributed by atoms with van der Waals surface area (Å²) < 4.78 is 10.8. The molecule has 0 spiro atoms. The third-order valence-corrected chi connectivity index (χ3v) is 5.33. The second kappa shape index (κ2) is 6.80. The van der Waals surface area contributed by atoms with Gasteiger partial charge in [0.25, 0.3) is 0 Å². The van der Waals surface area contributed by atoms with E-state index in [1.165, 1.54) is 0 Å². The molecule has 1 amide bonds. The van der Waals surface area contributed by atoms with Crippen LogP contribution in [0, 0.1) is 0 Å². The van der Waals surface area contributed by atoms with E-state index in [0.717, 1.165) is 38.6 Å². The van der Waals surface area contributed by atoms with Gasteiger partial charge in [-0.25, -0.2) is 0 Å². The van der Waals surface area contributed by atoms with Gasteiger partial charge in [-0.1, -0.05) is 31.8 Å². The van der Waals surface area contributed by atoms with Gasteiger partial charge in [-0.05, 0) is 26.3 Å². The predicted molar refractivity (Wildman–Crippen MR) is 88.5 cm³/mol. The summed E-state index contributed by atoms with van der Waals surface area (Å²) >= 11 is 0. The van der Waals surface area contributed by atoms with Crippen molar-refractivity contribution in [2.45, 2.75) is 69.6 Å². The Kier molecular flexibility index (Phi) is 4.92. The summed E-state index contributed by atoms with van der Waals surface area (Å²) in [5, 5.41) is 7.44. The highest BCUT2D eigenvalue weighted by molar-refractivity contribution is 5.83. The first-order valence-electron chi connectivity index (χ1n) is 8.84. The van der Waals surface area contributed by atoms with Gasteiger partial charge in [0.2, 0.25) is 11.8 Å². The minimum atomic E-state index is -0.486. The average molecular weight is 336 g/mol. The van der Waals surface area contributed by atoms with Gasteiger partial charge in [0.15, 0.2) is 5.82 Å². The van der Waals surface area contributed by atoms with Crippen LogP contribution in [0.4, 0.5) is 0 Å². The Hall–Kier alpha value is -1.47.